The van der Waals surface area contributed by atoms with Gasteiger partial charge in [0.15, 0.2) is 0 Å². The average Bonchev–Trinajstić information content (AvgIpc) is 2.63. The Hall–Kier alpha value is -0.880. The van der Waals surface area contributed by atoms with Crippen LogP contribution in [0.5, 0.6) is 0 Å². The number of hydrogen-bond donors (Lipinski definition) is 1. The quantitative estimate of drug-likeness (QED) is 0.864. The molecule has 1 atom stereocenters. The Kier molecular flexibility index (Phi) is 4.28. The molecule has 1 rings (SSSR count). The molecule has 82 valence electrons. The molecule has 0 aliphatic heterocycles. The molecule has 15 heavy (non-hydrogen) atoms. The third-order valence-electron chi connectivity index (χ3n) is 1.73. The van der Waals surface area contributed by atoms with Gasteiger partial charge in [0.25, 0.3) is 5.91 Å². The Morgan fingerprint density at radius 1 is 1.60 bits per heavy atom. The second-order valence-electron chi connectivity index (χ2n) is 2.82. The molecule has 0 saturated heterocycles. The summed E-state index contributed by atoms with van der Waals surface area (Å²) in [6.07, 6.45) is 0. The molecule has 0 aliphatic rings. The molecule has 1 N–H and O–H groups in total. The highest BCUT2D eigenvalue weighted by Gasteiger charge is 2.18. The van der Waals surface area contributed by atoms with Gasteiger partial charge in [0, 0.05) is 4.47 Å². The van der Waals surface area contributed by atoms with Crippen LogP contribution in [0, 0.1) is 0 Å². The van der Waals surface area contributed by atoms with Crippen molar-refractivity contribution < 1.29 is 14.3 Å². The number of rotatable bonds is 3. The summed E-state index contributed by atoms with van der Waals surface area (Å²) in [5, 5.41) is 4.33. The predicted molar refractivity (Wildman–Crippen MR) is 61.0 cm³/mol. The number of nitrogens with one attached hydrogen (secondary N) is 1. The largest absolute Gasteiger partial charge is 0.467 e. The first-order valence-electron chi connectivity index (χ1n) is 4.18. The lowest BCUT2D eigenvalue weighted by Gasteiger charge is -2.10. The summed E-state index contributed by atoms with van der Waals surface area (Å²) in [6, 6.07) is 1.14. The van der Waals surface area contributed by atoms with Gasteiger partial charge in [0.1, 0.15) is 10.9 Å². The third kappa shape index (κ3) is 3.04. The summed E-state index contributed by atoms with van der Waals surface area (Å²) in [6.45, 7) is 1.57. The maximum Gasteiger partial charge on any atom is 0.328 e. The molecule has 4 nitrogen and oxygen atoms in total. The Labute approximate surface area is 99.8 Å². The number of methoxy groups -OCH3 is 1. The minimum atomic E-state index is -0.642. The van der Waals surface area contributed by atoms with E-state index in [1.807, 2.05) is 0 Å². The van der Waals surface area contributed by atoms with Gasteiger partial charge in [-0.3, -0.25) is 4.79 Å². The third-order valence-corrected chi connectivity index (χ3v) is 3.56. The van der Waals surface area contributed by atoms with Gasteiger partial charge in [-0.2, -0.15) is 0 Å². The number of esters is 1. The highest BCUT2D eigenvalue weighted by molar-refractivity contribution is 9.10. The first-order chi connectivity index (χ1) is 7.06. The number of amides is 1. The molecule has 0 bridgehead atoms. The van der Waals surface area contributed by atoms with E-state index in [1.165, 1.54) is 18.4 Å². The van der Waals surface area contributed by atoms with E-state index in [-0.39, 0.29) is 5.91 Å². The van der Waals surface area contributed by atoms with E-state index in [1.54, 1.807) is 18.4 Å². The summed E-state index contributed by atoms with van der Waals surface area (Å²) in [5.41, 5.74) is 0. The maximum atomic E-state index is 11.6. The molecule has 1 aromatic heterocycles. The van der Waals surface area contributed by atoms with E-state index in [0.29, 0.717) is 4.88 Å². The monoisotopic (exact) mass is 291 g/mol. The van der Waals surface area contributed by atoms with Crippen LogP contribution in [0.3, 0.4) is 0 Å². The molecule has 0 aliphatic carbocycles. The average molecular weight is 292 g/mol. The van der Waals surface area contributed by atoms with Crippen molar-refractivity contribution in [3.63, 3.8) is 0 Å². The van der Waals surface area contributed by atoms with Crippen LogP contribution in [0.25, 0.3) is 0 Å². The van der Waals surface area contributed by atoms with E-state index in [2.05, 4.69) is 26.0 Å². The Morgan fingerprint density at radius 2 is 2.27 bits per heavy atom. The zero-order chi connectivity index (χ0) is 11.4. The number of ether oxygens (including phenoxy) is 1. The fourth-order valence-electron chi connectivity index (χ4n) is 0.954. The zero-order valence-electron chi connectivity index (χ0n) is 8.24. The van der Waals surface area contributed by atoms with E-state index < -0.39 is 12.0 Å². The second kappa shape index (κ2) is 5.27. The zero-order valence-corrected chi connectivity index (χ0v) is 10.6. The van der Waals surface area contributed by atoms with Gasteiger partial charge in [-0.15, -0.1) is 11.3 Å². The minimum absolute atomic E-state index is 0.283. The summed E-state index contributed by atoms with van der Waals surface area (Å²) >= 11 is 4.55. The van der Waals surface area contributed by atoms with Crippen molar-refractivity contribution in [2.45, 2.75) is 13.0 Å². The summed E-state index contributed by atoms with van der Waals surface area (Å²) in [7, 11) is 1.28. The van der Waals surface area contributed by atoms with Crippen molar-refractivity contribution in [1.29, 1.82) is 0 Å². The molecule has 0 unspecified atom stereocenters. The van der Waals surface area contributed by atoms with Gasteiger partial charge in [0.2, 0.25) is 0 Å². The number of halogens is 1. The summed E-state index contributed by atoms with van der Waals surface area (Å²) < 4.78 is 5.22. The van der Waals surface area contributed by atoms with Crippen LogP contribution in [0.2, 0.25) is 0 Å². The van der Waals surface area contributed by atoms with Crippen molar-refractivity contribution in [1.82, 2.24) is 5.32 Å². The van der Waals surface area contributed by atoms with Crippen LogP contribution < -0.4 is 5.32 Å². The lowest BCUT2D eigenvalue weighted by Crippen LogP contribution is -2.38. The topological polar surface area (TPSA) is 55.4 Å². The highest BCUT2D eigenvalue weighted by Crippen LogP contribution is 2.22. The van der Waals surface area contributed by atoms with Crippen molar-refractivity contribution in [2.24, 2.45) is 0 Å². The van der Waals surface area contributed by atoms with E-state index in [4.69, 9.17) is 0 Å². The van der Waals surface area contributed by atoms with Crippen LogP contribution in [0.15, 0.2) is 15.9 Å². The van der Waals surface area contributed by atoms with Crippen LogP contribution in [-0.2, 0) is 9.53 Å². The molecule has 0 spiro atoms. The van der Waals surface area contributed by atoms with Crippen LogP contribution >= 0.6 is 27.3 Å². The Bertz CT molecular complexity index is 377. The van der Waals surface area contributed by atoms with Crippen molar-refractivity contribution >= 4 is 39.1 Å². The lowest BCUT2D eigenvalue weighted by molar-refractivity contribution is -0.142. The van der Waals surface area contributed by atoms with Gasteiger partial charge in [0.05, 0.1) is 7.11 Å². The normalized spacial score (nSPS) is 11.9. The number of carbonyl (C=O) groups excluding carboxylic acids is 2. The van der Waals surface area contributed by atoms with Crippen LogP contribution in [0.1, 0.15) is 16.6 Å². The Balaban J connectivity index is 2.64. The maximum absolute atomic E-state index is 11.6. The molecule has 1 amide bonds. The summed E-state index contributed by atoms with van der Waals surface area (Å²) in [5.74, 6) is -0.745. The van der Waals surface area contributed by atoms with E-state index in [0.717, 1.165) is 4.47 Å². The van der Waals surface area contributed by atoms with Crippen LogP contribution in [-0.4, -0.2) is 25.0 Å². The standard InChI is InChI=1S/C9H10BrNO3S/c1-5(9(13)14-2)11-8(12)7-6(10)3-4-15-7/h3-5H,1-2H3,(H,11,12)/t5-/m0/s1. The number of thiophene rings is 1. The van der Waals surface area contributed by atoms with Gasteiger partial charge in [-0.1, -0.05) is 0 Å². The number of carbonyl (C=O) groups is 2. The first kappa shape index (κ1) is 12.2. The second-order valence-corrected chi connectivity index (χ2v) is 4.59. The minimum Gasteiger partial charge on any atom is -0.467 e. The van der Waals surface area contributed by atoms with Gasteiger partial charge in [-0.25, -0.2) is 4.79 Å². The summed E-state index contributed by atoms with van der Waals surface area (Å²) in [4.78, 5) is 23.2. The van der Waals surface area contributed by atoms with Gasteiger partial charge >= 0.3 is 5.97 Å². The smallest absolute Gasteiger partial charge is 0.328 e. The molecular formula is C9H10BrNO3S. The lowest BCUT2D eigenvalue weighted by atomic mass is 10.3. The molecule has 1 aromatic rings. The molecule has 6 heteroatoms. The molecule has 0 aromatic carbocycles. The molecule has 0 radical (unpaired) electrons. The molecule has 1 heterocycles. The first-order valence-corrected chi connectivity index (χ1v) is 5.85. The van der Waals surface area contributed by atoms with E-state index in [9.17, 15) is 9.59 Å². The van der Waals surface area contributed by atoms with Crippen molar-refractivity contribution in [2.75, 3.05) is 7.11 Å². The SMILES string of the molecule is COC(=O)[C@H](C)NC(=O)c1sccc1Br. The van der Waals surface area contributed by atoms with Crippen molar-refractivity contribution in [3.8, 4) is 0 Å². The Morgan fingerprint density at radius 3 is 2.73 bits per heavy atom. The highest BCUT2D eigenvalue weighted by atomic mass is 79.9. The molecule has 0 saturated carbocycles. The van der Waals surface area contributed by atoms with Crippen LogP contribution in [0.4, 0.5) is 0 Å². The molecular weight excluding hydrogens is 282 g/mol. The fraction of sp³-hybridized carbons (Fsp3) is 0.333. The predicted octanol–water partition coefficient (Wildman–Crippen LogP) is 1.80. The van der Waals surface area contributed by atoms with Gasteiger partial charge < -0.3 is 10.1 Å². The molecule has 0 fully saturated rings. The van der Waals surface area contributed by atoms with Gasteiger partial charge in [-0.05, 0) is 34.3 Å². The van der Waals surface area contributed by atoms with Crippen molar-refractivity contribution in [3.05, 3.63) is 20.8 Å². The fourth-order valence-corrected chi connectivity index (χ4v) is 2.41. The van der Waals surface area contributed by atoms with E-state index >= 15 is 0 Å². The number of hydrogen-bond acceptors (Lipinski definition) is 4.